The fourth-order valence-corrected chi connectivity index (χ4v) is 6.45. The van der Waals surface area contributed by atoms with E-state index in [-0.39, 0.29) is 33.5 Å². The van der Waals surface area contributed by atoms with E-state index in [0.29, 0.717) is 22.2 Å². The van der Waals surface area contributed by atoms with Gasteiger partial charge in [-0.3, -0.25) is 14.2 Å². The number of carbonyl (C=O) groups is 1. The maximum Gasteiger partial charge on any atom is 0.269 e. The molecule has 0 N–H and O–H groups in total. The van der Waals surface area contributed by atoms with Crippen molar-refractivity contribution in [3.05, 3.63) is 94.0 Å². The maximum atomic E-state index is 14.3. The zero-order valence-corrected chi connectivity index (χ0v) is 19.6. The van der Waals surface area contributed by atoms with Crippen molar-refractivity contribution in [1.29, 1.82) is 0 Å². The predicted octanol–water partition coefficient (Wildman–Crippen LogP) is 3.77. The van der Waals surface area contributed by atoms with Gasteiger partial charge in [-0.2, -0.15) is 0 Å². The molecule has 3 aromatic carbocycles. The number of sulfonamides is 1. The van der Waals surface area contributed by atoms with Crippen LogP contribution in [0.3, 0.4) is 0 Å². The number of fused-ring (bicyclic) bond motifs is 2. The number of para-hydroxylation sites is 1. The zero-order chi connectivity index (χ0) is 24.0. The highest BCUT2D eigenvalue weighted by Crippen LogP contribution is 2.31. The predicted molar refractivity (Wildman–Crippen MR) is 127 cm³/mol. The van der Waals surface area contributed by atoms with Crippen LogP contribution < -0.4 is 5.56 Å². The number of halogens is 1. The third-order valence-electron chi connectivity index (χ3n) is 5.60. The second-order valence-electron chi connectivity index (χ2n) is 7.71. The summed E-state index contributed by atoms with van der Waals surface area (Å²) in [6.45, 7) is 1.52. The van der Waals surface area contributed by atoms with Crippen molar-refractivity contribution in [2.45, 2.75) is 17.0 Å². The van der Waals surface area contributed by atoms with E-state index in [9.17, 15) is 22.4 Å². The lowest BCUT2D eigenvalue weighted by Crippen LogP contribution is -2.32. The summed E-state index contributed by atoms with van der Waals surface area (Å²) in [5.41, 5.74) is 0.997. The lowest BCUT2D eigenvalue weighted by Gasteiger charge is -2.16. The molecule has 0 bridgehead atoms. The van der Waals surface area contributed by atoms with Gasteiger partial charge in [-0.05, 0) is 48.9 Å². The number of carbonyl (C=O) groups excluding carboxylic acids is 1. The van der Waals surface area contributed by atoms with E-state index in [1.807, 2.05) is 0 Å². The Bertz CT molecular complexity index is 1630. The van der Waals surface area contributed by atoms with Crippen LogP contribution in [0.4, 0.5) is 4.39 Å². The van der Waals surface area contributed by atoms with Crippen molar-refractivity contribution in [2.75, 3.05) is 12.3 Å². The SMILES string of the molecule is Cc1ccc(-n2c(SCCN3C(=O)c4ccccc4S3(=O)=O)nc3ccccc3c2=O)cc1F. The lowest BCUT2D eigenvalue weighted by atomic mass is 10.2. The molecule has 7 nitrogen and oxygen atoms in total. The third kappa shape index (κ3) is 3.59. The second-order valence-corrected chi connectivity index (χ2v) is 10.6. The van der Waals surface area contributed by atoms with E-state index in [4.69, 9.17) is 0 Å². The molecule has 1 amide bonds. The molecular weight excluding hydrogens is 477 g/mol. The van der Waals surface area contributed by atoms with Crippen LogP contribution in [-0.2, 0) is 10.0 Å². The lowest BCUT2D eigenvalue weighted by molar-refractivity contribution is 0.0876. The standard InChI is InChI=1S/C24H18FN3O4S2/c1-15-10-11-16(14-19(15)25)28-23(30)17-6-2-4-8-20(17)26-24(28)33-13-12-27-22(29)18-7-3-5-9-21(18)34(27,31)32/h2-11,14H,12-13H2,1H3. The van der Waals surface area contributed by atoms with E-state index < -0.39 is 21.7 Å². The molecule has 0 saturated heterocycles. The van der Waals surface area contributed by atoms with Crippen molar-refractivity contribution >= 4 is 38.6 Å². The minimum atomic E-state index is -3.93. The summed E-state index contributed by atoms with van der Waals surface area (Å²) in [6, 6.07) is 17.4. The maximum absolute atomic E-state index is 14.3. The quantitative estimate of drug-likeness (QED) is 0.309. The molecule has 0 radical (unpaired) electrons. The van der Waals surface area contributed by atoms with Crippen LogP contribution in [0.1, 0.15) is 15.9 Å². The Morgan fingerprint density at radius 1 is 1.00 bits per heavy atom. The minimum absolute atomic E-state index is 0.0131. The fraction of sp³-hybridized carbons (Fsp3) is 0.125. The molecule has 0 fully saturated rings. The molecule has 0 atom stereocenters. The number of hydrogen-bond donors (Lipinski definition) is 0. The van der Waals surface area contributed by atoms with Crippen LogP contribution in [0.15, 0.2) is 81.6 Å². The Labute approximate surface area is 198 Å². The topological polar surface area (TPSA) is 89.3 Å². The highest BCUT2D eigenvalue weighted by molar-refractivity contribution is 7.99. The number of aryl methyl sites for hydroxylation is 1. The van der Waals surface area contributed by atoms with Gasteiger partial charge < -0.3 is 0 Å². The van der Waals surface area contributed by atoms with Crippen LogP contribution in [-0.4, -0.2) is 40.5 Å². The van der Waals surface area contributed by atoms with Crippen molar-refractivity contribution in [3.8, 4) is 5.69 Å². The van der Waals surface area contributed by atoms with Crippen LogP contribution in [0.2, 0.25) is 0 Å². The number of amides is 1. The summed E-state index contributed by atoms with van der Waals surface area (Å²) < 4.78 is 42.1. The number of thioether (sulfide) groups is 1. The van der Waals surface area contributed by atoms with Crippen molar-refractivity contribution < 1.29 is 17.6 Å². The molecule has 4 aromatic rings. The second kappa shape index (κ2) is 8.37. The number of benzene rings is 3. The van der Waals surface area contributed by atoms with Gasteiger partial charge in [0.15, 0.2) is 5.16 Å². The fourth-order valence-electron chi connectivity index (χ4n) is 3.83. The first kappa shape index (κ1) is 22.3. The molecular formula is C24H18FN3O4S2. The molecule has 5 rings (SSSR count). The monoisotopic (exact) mass is 495 g/mol. The summed E-state index contributed by atoms with van der Waals surface area (Å²) in [5, 5.41) is 0.647. The summed E-state index contributed by atoms with van der Waals surface area (Å²) in [7, 11) is -3.93. The number of rotatable bonds is 5. The highest BCUT2D eigenvalue weighted by atomic mass is 32.2. The largest absolute Gasteiger partial charge is 0.269 e. The highest BCUT2D eigenvalue weighted by Gasteiger charge is 2.40. The Kier molecular flexibility index (Phi) is 5.49. The van der Waals surface area contributed by atoms with Crippen LogP contribution in [0, 0.1) is 12.7 Å². The van der Waals surface area contributed by atoms with Gasteiger partial charge in [0.05, 0.1) is 22.2 Å². The zero-order valence-electron chi connectivity index (χ0n) is 17.9. The van der Waals surface area contributed by atoms with Crippen molar-refractivity contribution in [3.63, 3.8) is 0 Å². The Hall–Kier alpha value is -3.50. The van der Waals surface area contributed by atoms with Crippen molar-refractivity contribution in [1.82, 2.24) is 13.9 Å². The molecule has 0 saturated carbocycles. The molecule has 172 valence electrons. The Morgan fingerprint density at radius 3 is 2.50 bits per heavy atom. The van der Waals surface area contributed by atoms with E-state index in [0.717, 1.165) is 16.1 Å². The first-order chi connectivity index (χ1) is 16.3. The molecule has 10 heteroatoms. The molecule has 0 unspecified atom stereocenters. The average Bonchev–Trinajstić information content (AvgIpc) is 3.02. The van der Waals surface area contributed by atoms with Gasteiger partial charge >= 0.3 is 0 Å². The van der Waals surface area contributed by atoms with Gasteiger partial charge in [-0.15, -0.1) is 0 Å². The van der Waals surface area contributed by atoms with Gasteiger partial charge in [-0.25, -0.2) is 22.1 Å². The van der Waals surface area contributed by atoms with Gasteiger partial charge in [0.1, 0.15) is 10.7 Å². The number of nitrogens with zero attached hydrogens (tertiary/aromatic N) is 3. The smallest absolute Gasteiger partial charge is 0.268 e. The molecule has 1 aromatic heterocycles. The summed E-state index contributed by atoms with van der Waals surface area (Å²) >= 11 is 1.12. The van der Waals surface area contributed by atoms with Gasteiger partial charge in [0.25, 0.3) is 21.5 Å². The normalized spacial score (nSPS) is 14.5. The van der Waals surface area contributed by atoms with E-state index in [2.05, 4.69) is 4.98 Å². The molecule has 1 aliphatic rings. The van der Waals surface area contributed by atoms with Crippen LogP contribution in [0.25, 0.3) is 16.6 Å². The van der Waals surface area contributed by atoms with Gasteiger partial charge in [0, 0.05) is 12.3 Å². The summed E-state index contributed by atoms with van der Waals surface area (Å²) in [6.07, 6.45) is 0. The van der Waals surface area contributed by atoms with Crippen LogP contribution >= 0.6 is 11.8 Å². The molecule has 2 heterocycles. The molecule has 0 aliphatic carbocycles. The third-order valence-corrected chi connectivity index (χ3v) is 8.36. The first-order valence-corrected chi connectivity index (χ1v) is 12.8. The molecule has 0 spiro atoms. The number of aromatic nitrogens is 2. The molecule has 34 heavy (non-hydrogen) atoms. The van der Waals surface area contributed by atoms with Crippen LogP contribution in [0.5, 0.6) is 0 Å². The van der Waals surface area contributed by atoms with Gasteiger partial charge in [-0.1, -0.05) is 42.1 Å². The van der Waals surface area contributed by atoms with E-state index >= 15 is 0 Å². The summed E-state index contributed by atoms with van der Waals surface area (Å²) in [4.78, 5) is 30.5. The molecule has 1 aliphatic heterocycles. The average molecular weight is 496 g/mol. The number of hydrogen-bond acceptors (Lipinski definition) is 6. The summed E-state index contributed by atoms with van der Waals surface area (Å²) in [5.74, 6) is -0.890. The van der Waals surface area contributed by atoms with E-state index in [1.165, 1.54) is 22.8 Å². The van der Waals surface area contributed by atoms with Gasteiger partial charge in [0.2, 0.25) is 0 Å². The minimum Gasteiger partial charge on any atom is -0.268 e. The first-order valence-electron chi connectivity index (χ1n) is 10.4. The Morgan fingerprint density at radius 2 is 1.74 bits per heavy atom. The van der Waals surface area contributed by atoms with E-state index in [1.54, 1.807) is 55.5 Å². The van der Waals surface area contributed by atoms with Crippen molar-refractivity contribution in [2.24, 2.45) is 0 Å². The Balaban J connectivity index is 1.50.